The summed E-state index contributed by atoms with van der Waals surface area (Å²) in [5, 5.41) is 8.11. The maximum Gasteiger partial charge on any atom is 0.178 e. The van der Waals surface area contributed by atoms with Gasteiger partial charge in [0.2, 0.25) is 0 Å². The van der Waals surface area contributed by atoms with E-state index >= 15 is 0 Å². The summed E-state index contributed by atoms with van der Waals surface area (Å²) in [7, 11) is 0. The van der Waals surface area contributed by atoms with Gasteiger partial charge in [-0.25, -0.2) is 0 Å². The van der Waals surface area contributed by atoms with Crippen LogP contribution in [0.4, 0.5) is 0 Å². The lowest BCUT2D eigenvalue weighted by molar-refractivity contribution is 0.612. The summed E-state index contributed by atoms with van der Waals surface area (Å²) in [6, 6.07) is 60.1. The topological polar surface area (TPSA) is 26.3 Å². The zero-order chi connectivity index (χ0) is 31.6. The molecule has 0 saturated heterocycles. The average molecular weight is 613 g/mol. The van der Waals surface area contributed by atoms with E-state index in [-0.39, 0.29) is 0 Å². The lowest BCUT2D eigenvalue weighted by Crippen LogP contribution is -1.90. The minimum Gasteiger partial charge on any atom is -0.452 e. The van der Waals surface area contributed by atoms with Gasteiger partial charge in [0.05, 0.1) is 0 Å². The van der Waals surface area contributed by atoms with Gasteiger partial charge < -0.3 is 8.83 Å². The van der Waals surface area contributed by atoms with Crippen LogP contribution in [0.15, 0.2) is 179 Å². The molecule has 0 N–H and O–H groups in total. The van der Waals surface area contributed by atoms with Crippen LogP contribution >= 0.6 is 0 Å². The predicted molar refractivity (Wildman–Crippen MR) is 200 cm³/mol. The zero-order valence-electron chi connectivity index (χ0n) is 26.0. The standard InChI is InChI=1S/C46H28O2/c1-4-14-29(15-5-1)41-33-20-10-12-22-35(33)42(36-23-13-11-21-34(36)41)32-24-27-40-39(28-32)37-25-26-38-43(30-16-6-2-7-17-30)44(31-18-8-3-9-19-31)48-46(38)45(37)47-40/h1-28H. The van der Waals surface area contributed by atoms with Crippen molar-refractivity contribution in [1.82, 2.24) is 0 Å². The number of furan rings is 2. The largest absolute Gasteiger partial charge is 0.452 e. The molecule has 2 nitrogen and oxygen atoms in total. The van der Waals surface area contributed by atoms with Gasteiger partial charge in [0.15, 0.2) is 11.2 Å². The Balaban J connectivity index is 1.24. The highest BCUT2D eigenvalue weighted by Gasteiger charge is 2.23. The van der Waals surface area contributed by atoms with Gasteiger partial charge in [0.25, 0.3) is 0 Å². The highest BCUT2D eigenvalue weighted by Crippen LogP contribution is 2.47. The van der Waals surface area contributed by atoms with Crippen molar-refractivity contribution in [2.45, 2.75) is 0 Å². The lowest BCUT2D eigenvalue weighted by atomic mass is 9.86. The molecule has 8 aromatic carbocycles. The van der Waals surface area contributed by atoms with Crippen molar-refractivity contribution >= 4 is 54.5 Å². The van der Waals surface area contributed by atoms with Gasteiger partial charge in [-0.15, -0.1) is 0 Å². The van der Waals surface area contributed by atoms with Gasteiger partial charge in [0.1, 0.15) is 11.3 Å². The van der Waals surface area contributed by atoms with Crippen molar-refractivity contribution in [3.05, 3.63) is 170 Å². The van der Waals surface area contributed by atoms with Crippen LogP contribution < -0.4 is 0 Å². The number of fused-ring (bicyclic) bond motifs is 7. The van der Waals surface area contributed by atoms with Crippen LogP contribution in [-0.4, -0.2) is 0 Å². The van der Waals surface area contributed by atoms with Crippen molar-refractivity contribution in [1.29, 1.82) is 0 Å². The Morgan fingerprint density at radius 3 is 1.31 bits per heavy atom. The summed E-state index contributed by atoms with van der Waals surface area (Å²) in [6.45, 7) is 0. The van der Waals surface area contributed by atoms with Gasteiger partial charge in [0, 0.05) is 27.3 Å². The first kappa shape index (κ1) is 26.8. The van der Waals surface area contributed by atoms with Crippen LogP contribution in [0.2, 0.25) is 0 Å². The Kier molecular flexibility index (Phi) is 5.91. The summed E-state index contributed by atoms with van der Waals surface area (Å²) < 4.78 is 13.4. The molecule has 10 rings (SSSR count). The van der Waals surface area contributed by atoms with Crippen LogP contribution in [0.5, 0.6) is 0 Å². The molecule has 0 amide bonds. The SMILES string of the molecule is c1ccc(-c2oc3c(ccc4c5cc(-c6c7ccccc7c(-c7ccccc7)c7ccccc67)ccc5oc43)c2-c2ccccc2)cc1. The second kappa shape index (κ2) is 10.6. The number of hydrogen-bond acceptors (Lipinski definition) is 2. The van der Waals surface area contributed by atoms with E-state index < -0.39 is 0 Å². The Morgan fingerprint density at radius 1 is 0.271 bits per heavy atom. The highest BCUT2D eigenvalue weighted by atomic mass is 16.4. The monoisotopic (exact) mass is 612 g/mol. The molecule has 0 aliphatic heterocycles. The minimum atomic E-state index is 0.770. The van der Waals surface area contributed by atoms with E-state index in [0.717, 1.165) is 60.9 Å². The average Bonchev–Trinajstić information content (AvgIpc) is 3.73. The van der Waals surface area contributed by atoms with Crippen molar-refractivity contribution in [3.63, 3.8) is 0 Å². The molecule has 0 bridgehead atoms. The van der Waals surface area contributed by atoms with Gasteiger partial charge in [-0.1, -0.05) is 146 Å². The quantitative estimate of drug-likeness (QED) is 0.185. The Bertz CT molecular complexity index is 2750. The van der Waals surface area contributed by atoms with Crippen molar-refractivity contribution in [3.8, 4) is 44.7 Å². The molecule has 0 aliphatic carbocycles. The third-order valence-corrected chi connectivity index (χ3v) is 9.68. The van der Waals surface area contributed by atoms with Crippen LogP contribution in [-0.2, 0) is 0 Å². The zero-order valence-corrected chi connectivity index (χ0v) is 26.0. The molecule has 0 unspecified atom stereocenters. The Labute approximate surface area is 277 Å². The molecule has 0 aliphatic rings. The van der Waals surface area contributed by atoms with Crippen LogP contribution in [0.1, 0.15) is 0 Å². The summed E-state index contributed by atoms with van der Waals surface area (Å²) in [4.78, 5) is 0. The minimum absolute atomic E-state index is 0.770. The van der Waals surface area contributed by atoms with Crippen LogP contribution in [0.3, 0.4) is 0 Å². The van der Waals surface area contributed by atoms with E-state index in [2.05, 4.69) is 158 Å². The highest BCUT2D eigenvalue weighted by molar-refractivity contribution is 6.23. The fourth-order valence-electron chi connectivity index (χ4n) is 7.58. The Hall–Kier alpha value is -6.38. The van der Waals surface area contributed by atoms with Gasteiger partial charge >= 0.3 is 0 Å². The molecule has 2 heteroatoms. The normalized spacial score (nSPS) is 11.8. The van der Waals surface area contributed by atoms with E-state index in [4.69, 9.17) is 8.83 Å². The number of benzene rings is 8. The molecular formula is C46H28O2. The van der Waals surface area contributed by atoms with Gasteiger partial charge in [-0.05, 0) is 73.6 Å². The first-order valence-electron chi connectivity index (χ1n) is 16.4. The fraction of sp³-hybridized carbons (Fsp3) is 0. The maximum absolute atomic E-state index is 6.77. The summed E-state index contributed by atoms with van der Waals surface area (Å²) in [5.74, 6) is 0.849. The molecule has 10 aromatic rings. The van der Waals surface area contributed by atoms with Crippen LogP contribution in [0.25, 0.3) is 99.2 Å². The van der Waals surface area contributed by atoms with E-state index in [1.165, 1.54) is 38.2 Å². The van der Waals surface area contributed by atoms with Crippen LogP contribution in [0, 0.1) is 0 Å². The molecule has 0 saturated carbocycles. The molecule has 2 heterocycles. The molecular weight excluding hydrogens is 585 g/mol. The van der Waals surface area contributed by atoms with Crippen molar-refractivity contribution in [2.24, 2.45) is 0 Å². The molecule has 0 radical (unpaired) electrons. The molecule has 224 valence electrons. The van der Waals surface area contributed by atoms with Crippen molar-refractivity contribution in [2.75, 3.05) is 0 Å². The maximum atomic E-state index is 6.77. The van der Waals surface area contributed by atoms with Crippen molar-refractivity contribution < 1.29 is 8.83 Å². The Morgan fingerprint density at radius 2 is 0.729 bits per heavy atom. The number of hydrogen-bond donors (Lipinski definition) is 0. The molecule has 0 spiro atoms. The third-order valence-electron chi connectivity index (χ3n) is 9.68. The lowest BCUT2D eigenvalue weighted by Gasteiger charge is -2.17. The van der Waals surface area contributed by atoms with E-state index in [1.54, 1.807) is 0 Å². The predicted octanol–water partition coefficient (Wildman–Crippen LogP) is 13.3. The molecule has 48 heavy (non-hydrogen) atoms. The van der Waals surface area contributed by atoms with Gasteiger partial charge in [-0.2, -0.15) is 0 Å². The molecule has 0 fully saturated rings. The summed E-state index contributed by atoms with van der Waals surface area (Å²) in [6.07, 6.45) is 0. The van der Waals surface area contributed by atoms with E-state index in [0.29, 0.717) is 0 Å². The summed E-state index contributed by atoms with van der Waals surface area (Å²) >= 11 is 0. The number of rotatable bonds is 4. The smallest absolute Gasteiger partial charge is 0.178 e. The van der Waals surface area contributed by atoms with Gasteiger partial charge in [-0.3, -0.25) is 0 Å². The first-order valence-corrected chi connectivity index (χ1v) is 16.4. The molecule has 2 aromatic heterocycles. The van der Waals surface area contributed by atoms with E-state index in [9.17, 15) is 0 Å². The van der Waals surface area contributed by atoms with E-state index in [1.807, 2.05) is 12.1 Å². The fourth-order valence-corrected chi connectivity index (χ4v) is 7.58. The third kappa shape index (κ3) is 4.00. The molecule has 0 atom stereocenters. The second-order valence-corrected chi connectivity index (χ2v) is 12.4. The second-order valence-electron chi connectivity index (χ2n) is 12.4. The summed E-state index contributed by atoms with van der Waals surface area (Å²) in [5.41, 5.74) is 10.5. The first-order chi connectivity index (χ1) is 23.8.